The first kappa shape index (κ1) is 28.7. The second-order valence-electron chi connectivity index (χ2n) is 13.2. The predicted molar refractivity (Wildman–Crippen MR) is 156 cm³/mol. The van der Waals surface area contributed by atoms with E-state index in [1.807, 2.05) is 6.07 Å². The summed E-state index contributed by atoms with van der Waals surface area (Å²) in [6, 6.07) is 10.4. The van der Waals surface area contributed by atoms with E-state index >= 15 is 4.39 Å². The van der Waals surface area contributed by atoms with Crippen molar-refractivity contribution in [3.8, 4) is 0 Å². The van der Waals surface area contributed by atoms with Crippen molar-refractivity contribution in [2.24, 2.45) is 17.8 Å². The lowest BCUT2D eigenvalue weighted by Crippen LogP contribution is -2.25. The van der Waals surface area contributed by atoms with E-state index in [2.05, 4.69) is 19.1 Å². The lowest BCUT2D eigenvalue weighted by molar-refractivity contribution is 0.155. The Morgan fingerprint density at radius 1 is 0.538 bits per heavy atom. The van der Waals surface area contributed by atoms with Gasteiger partial charge in [-0.05, 0) is 135 Å². The molecule has 3 heteroatoms. The molecule has 39 heavy (non-hydrogen) atoms. The van der Waals surface area contributed by atoms with Crippen molar-refractivity contribution >= 4 is 0 Å². The average Bonchev–Trinajstić information content (AvgIpc) is 2.97. The maximum atomic E-state index is 15.4. The second-order valence-corrected chi connectivity index (χ2v) is 13.2. The molecule has 2 aromatic rings. The summed E-state index contributed by atoms with van der Waals surface area (Å²) in [5.41, 5.74) is 2.91. The van der Waals surface area contributed by atoms with Crippen LogP contribution in [-0.4, -0.2) is 0 Å². The first-order valence-electron chi connectivity index (χ1n) is 16.3. The fraction of sp³-hybridized carbons (Fsp3) is 0.667. The van der Waals surface area contributed by atoms with E-state index in [4.69, 9.17) is 0 Å². The molecule has 0 aliphatic heterocycles. The third-order valence-corrected chi connectivity index (χ3v) is 10.9. The SMILES string of the molecule is CCCCCCC1CCC(C2CCC(c3ccc(C4CCC(c5ccc(F)c(F)c5)CC4)c(F)c3)CC2)CC1. The van der Waals surface area contributed by atoms with Gasteiger partial charge in [-0.25, -0.2) is 13.2 Å². The van der Waals surface area contributed by atoms with E-state index < -0.39 is 11.6 Å². The maximum Gasteiger partial charge on any atom is 0.159 e. The molecule has 0 N–H and O–H groups in total. The summed E-state index contributed by atoms with van der Waals surface area (Å²) >= 11 is 0. The van der Waals surface area contributed by atoms with Crippen molar-refractivity contribution in [3.63, 3.8) is 0 Å². The van der Waals surface area contributed by atoms with Gasteiger partial charge in [-0.3, -0.25) is 0 Å². The molecule has 0 heterocycles. The minimum absolute atomic E-state index is 0.0387. The Hall–Kier alpha value is -1.77. The Morgan fingerprint density at radius 3 is 1.67 bits per heavy atom. The van der Waals surface area contributed by atoms with E-state index in [-0.39, 0.29) is 17.7 Å². The van der Waals surface area contributed by atoms with Gasteiger partial charge in [0, 0.05) is 0 Å². The van der Waals surface area contributed by atoms with Gasteiger partial charge in [-0.2, -0.15) is 0 Å². The molecule has 2 aromatic carbocycles. The van der Waals surface area contributed by atoms with Crippen LogP contribution in [-0.2, 0) is 0 Å². The first-order chi connectivity index (χ1) is 19.0. The molecule has 0 amide bonds. The van der Waals surface area contributed by atoms with Crippen LogP contribution in [0, 0.1) is 35.2 Å². The van der Waals surface area contributed by atoms with Gasteiger partial charge in [-0.1, -0.05) is 70.1 Å². The molecule has 3 aliphatic rings. The molecule has 0 unspecified atom stereocenters. The standard InChI is InChI=1S/C36H49F3/c1-2-3-4-5-6-25-7-9-26(10-8-25)27-11-13-28(14-12-27)31-19-21-33(35(38)23-31)30-17-15-29(16-18-30)32-20-22-34(37)36(39)24-32/h19-30H,2-18H2,1H3. The molecule has 0 saturated heterocycles. The lowest BCUT2D eigenvalue weighted by atomic mass is 9.68. The normalized spacial score (nSPS) is 29.8. The summed E-state index contributed by atoms with van der Waals surface area (Å²) in [7, 11) is 0. The van der Waals surface area contributed by atoms with Crippen molar-refractivity contribution in [2.75, 3.05) is 0 Å². The zero-order valence-electron chi connectivity index (χ0n) is 24.1. The van der Waals surface area contributed by atoms with Crippen molar-refractivity contribution in [2.45, 2.75) is 134 Å². The van der Waals surface area contributed by atoms with Gasteiger partial charge in [0.15, 0.2) is 11.6 Å². The van der Waals surface area contributed by atoms with E-state index in [0.717, 1.165) is 54.6 Å². The van der Waals surface area contributed by atoms with Crippen LogP contribution in [0.3, 0.4) is 0 Å². The van der Waals surface area contributed by atoms with Gasteiger partial charge < -0.3 is 0 Å². The monoisotopic (exact) mass is 538 g/mol. The highest BCUT2D eigenvalue weighted by atomic mass is 19.2. The van der Waals surface area contributed by atoms with Crippen molar-refractivity contribution in [1.82, 2.24) is 0 Å². The van der Waals surface area contributed by atoms with Gasteiger partial charge in [0.2, 0.25) is 0 Å². The van der Waals surface area contributed by atoms with Gasteiger partial charge in [-0.15, -0.1) is 0 Å². The molecule has 0 aromatic heterocycles. The average molecular weight is 539 g/mol. The molecule has 0 spiro atoms. The highest BCUT2D eigenvalue weighted by Gasteiger charge is 2.32. The molecule has 0 radical (unpaired) electrons. The summed E-state index contributed by atoms with van der Waals surface area (Å²) in [5, 5.41) is 0. The number of hydrogen-bond acceptors (Lipinski definition) is 0. The summed E-state index contributed by atoms with van der Waals surface area (Å²) in [4.78, 5) is 0. The zero-order chi connectivity index (χ0) is 27.2. The van der Waals surface area contributed by atoms with E-state index in [0.29, 0.717) is 5.92 Å². The van der Waals surface area contributed by atoms with Crippen LogP contribution in [0.4, 0.5) is 13.2 Å². The van der Waals surface area contributed by atoms with Gasteiger partial charge in [0.25, 0.3) is 0 Å². The molecular weight excluding hydrogens is 489 g/mol. The Labute approximate surface area is 235 Å². The van der Waals surface area contributed by atoms with Crippen LogP contribution >= 0.6 is 0 Å². The first-order valence-corrected chi connectivity index (χ1v) is 16.3. The smallest absolute Gasteiger partial charge is 0.159 e. The topological polar surface area (TPSA) is 0 Å². The fourth-order valence-electron chi connectivity index (χ4n) is 8.36. The van der Waals surface area contributed by atoms with Crippen molar-refractivity contribution < 1.29 is 13.2 Å². The highest BCUT2D eigenvalue weighted by molar-refractivity contribution is 5.31. The van der Waals surface area contributed by atoms with Crippen molar-refractivity contribution in [1.29, 1.82) is 0 Å². The summed E-state index contributed by atoms with van der Waals surface area (Å²) in [6.45, 7) is 2.29. The Morgan fingerprint density at radius 2 is 1.08 bits per heavy atom. The van der Waals surface area contributed by atoms with Crippen LogP contribution in [0.25, 0.3) is 0 Å². The van der Waals surface area contributed by atoms with Gasteiger partial charge in [0.05, 0.1) is 0 Å². The van der Waals surface area contributed by atoms with Crippen LogP contribution in [0.1, 0.15) is 151 Å². The molecule has 0 nitrogen and oxygen atoms in total. The predicted octanol–water partition coefficient (Wildman–Crippen LogP) is 11.6. The molecule has 0 atom stereocenters. The molecule has 3 fully saturated rings. The molecule has 5 rings (SSSR count). The molecule has 214 valence electrons. The van der Waals surface area contributed by atoms with E-state index in [9.17, 15) is 8.78 Å². The Kier molecular flexibility index (Phi) is 10.1. The van der Waals surface area contributed by atoms with Crippen LogP contribution in [0.2, 0.25) is 0 Å². The fourth-order valence-corrected chi connectivity index (χ4v) is 8.36. The summed E-state index contributed by atoms with van der Waals surface area (Å²) < 4.78 is 42.3. The molecule has 0 bridgehead atoms. The molecule has 3 saturated carbocycles. The number of unbranched alkanes of at least 4 members (excludes halogenated alkanes) is 3. The minimum Gasteiger partial charge on any atom is -0.207 e. The largest absolute Gasteiger partial charge is 0.207 e. The molecular formula is C36H49F3. The number of halogens is 3. The second kappa shape index (κ2) is 13.7. The highest BCUT2D eigenvalue weighted by Crippen LogP contribution is 2.46. The minimum atomic E-state index is -0.793. The Bertz CT molecular complexity index is 1040. The third-order valence-electron chi connectivity index (χ3n) is 10.9. The maximum absolute atomic E-state index is 15.4. The summed E-state index contributed by atoms with van der Waals surface area (Å²) in [5.74, 6) is 2.15. The summed E-state index contributed by atoms with van der Waals surface area (Å²) in [6.07, 6.45) is 21.4. The Balaban J connectivity index is 1.07. The number of rotatable bonds is 9. The third kappa shape index (κ3) is 7.31. The number of hydrogen-bond donors (Lipinski definition) is 0. The molecule has 3 aliphatic carbocycles. The zero-order valence-corrected chi connectivity index (χ0v) is 24.1. The van der Waals surface area contributed by atoms with Crippen LogP contribution in [0.5, 0.6) is 0 Å². The van der Waals surface area contributed by atoms with Crippen molar-refractivity contribution in [3.05, 3.63) is 70.5 Å². The van der Waals surface area contributed by atoms with Crippen LogP contribution in [0.15, 0.2) is 36.4 Å². The van der Waals surface area contributed by atoms with E-state index in [1.54, 1.807) is 6.07 Å². The van der Waals surface area contributed by atoms with Gasteiger partial charge >= 0.3 is 0 Å². The van der Waals surface area contributed by atoms with E-state index in [1.165, 1.54) is 101 Å². The quantitative estimate of drug-likeness (QED) is 0.279. The lowest BCUT2D eigenvalue weighted by Gasteiger charge is -2.38. The number of benzene rings is 2. The van der Waals surface area contributed by atoms with Gasteiger partial charge in [0.1, 0.15) is 5.82 Å². The van der Waals surface area contributed by atoms with Crippen LogP contribution < -0.4 is 0 Å².